The van der Waals surface area contributed by atoms with Gasteiger partial charge in [-0.3, -0.25) is 4.68 Å². The van der Waals surface area contributed by atoms with Crippen LogP contribution in [0.15, 0.2) is 48.5 Å². The molecule has 192 valence electrons. The lowest BCUT2D eigenvalue weighted by atomic mass is 9.90. The van der Waals surface area contributed by atoms with Crippen molar-refractivity contribution in [2.45, 2.75) is 72.5 Å². The molecular weight excluding hydrogens is 461 g/mol. The number of hydrogen-bond donors (Lipinski definition) is 1. The third kappa shape index (κ3) is 5.35. The Hall–Kier alpha value is -3.09. The first-order chi connectivity index (χ1) is 16.9. The zero-order valence-corrected chi connectivity index (χ0v) is 21.9. The third-order valence-electron chi connectivity index (χ3n) is 7.00. The van der Waals surface area contributed by atoms with Crippen molar-refractivity contribution in [2.75, 3.05) is 0 Å². The van der Waals surface area contributed by atoms with Gasteiger partial charge in [-0.15, -0.1) is 0 Å². The van der Waals surface area contributed by atoms with E-state index in [1.165, 1.54) is 12.1 Å². The highest BCUT2D eigenvalue weighted by atomic mass is 19.4. The Bertz CT molecular complexity index is 1340. The van der Waals surface area contributed by atoms with Gasteiger partial charge in [0.2, 0.25) is 0 Å². The third-order valence-corrected chi connectivity index (χ3v) is 7.00. The molecule has 0 saturated carbocycles. The van der Waals surface area contributed by atoms with Crippen molar-refractivity contribution in [1.29, 1.82) is 0 Å². The number of aryl methyl sites for hydroxylation is 1. The van der Waals surface area contributed by atoms with Crippen molar-refractivity contribution in [1.82, 2.24) is 19.7 Å². The van der Waals surface area contributed by atoms with E-state index in [4.69, 9.17) is 10.1 Å². The zero-order valence-electron chi connectivity index (χ0n) is 21.9. The largest absolute Gasteiger partial charge is 0.417 e. The van der Waals surface area contributed by atoms with Crippen LogP contribution in [0, 0.1) is 11.8 Å². The average molecular weight is 497 g/mol. The summed E-state index contributed by atoms with van der Waals surface area (Å²) in [6.07, 6.45) is -2.29. The number of alkyl halides is 3. The minimum absolute atomic E-state index is 0.122. The number of benzene rings is 2. The number of rotatable bonds is 7. The molecule has 1 N–H and O–H groups in total. The van der Waals surface area contributed by atoms with E-state index in [0.717, 1.165) is 36.8 Å². The molecule has 1 unspecified atom stereocenters. The second kappa shape index (κ2) is 9.75. The van der Waals surface area contributed by atoms with Gasteiger partial charge in [-0.25, -0.2) is 4.98 Å². The lowest BCUT2D eigenvalue weighted by Crippen LogP contribution is -2.15. The van der Waals surface area contributed by atoms with E-state index < -0.39 is 11.7 Å². The van der Waals surface area contributed by atoms with Crippen LogP contribution in [0.5, 0.6) is 0 Å². The molecule has 4 aromatic rings. The lowest BCUT2D eigenvalue weighted by molar-refractivity contribution is -0.137. The summed E-state index contributed by atoms with van der Waals surface area (Å²) >= 11 is 0. The van der Waals surface area contributed by atoms with E-state index in [9.17, 15) is 13.2 Å². The molecule has 36 heavy (non-hydrogen) atoms. The second-order valence-corrected chi connectivity index (χ2v) is 10.9. The molecule has 1 atom stereocenters. The van der Waals surface area contributed by atoms with Crippen LogP contribution < -0.4 is 0 Å². The van der Waals surface area contributed by atoms with E-state index in [1.807, 2.05) is 4.68 Å². The van der Waals surface area contributed by atoms with E-state index >= 15 is 0 Å². The molecule has 0 aliphatic heterocycles. The molecule has 2 aromatic carbocycles. The van der Waals surface area contributed by atoms with E-state index in [2.05, 4.69) is 52.6 Å². The predicted molar refractivity (Wildman–Crippen MR) is 140 cm³/mol. The maximum atomic E-state index is 13.6. The number of aromatic amines is 1. The van der Waals surface area contributed by atoms with Crippen LogP contribution in [0.1, 0.15) is 65.6 Å². The fourth-order valence-electron chi connectivity index (χ4n) is 4.72. The molecule has 2 aromatic heterocycles. The Labute approximate surface area is 211 Å². The van der Waals surface area contributed by atoms with Gasteiger partial charge in [-0.05, 0) is 53.6 Å². The summed E-state index contributed by atoms with van der Waals surface area (Å²) in [5.74, 6) is 1.87. The number of H-pyrrole nitrogens is 1. The Balaban J connectivity index is 1.75. The predicted octanol–water partition coefficient (Wildman–Crippen LogP) is 8.48. The van der Waals surface area contributed by atoms with Gasteiger partial charge in [0.05, 0.1) is 22.3 Å². The van der Waals surface area contributed by atoms with Crippen LogP contribution in [0.3, 0.4) is 0 Å². The number of nitrogens with one attached hydrogen (secondary N) is 1. The van der Waals surface area contributed by atoms with E-state index in [1.54, 1.807) is 24.3 Å². The van der Waals surface area contributed by atoms with E-state index in [-0.39, 0.29) is 11.0 Å². The number of hydrogen-bond acceptors (Lipinski definition) is 2. The highest BCUT2D eigenvalue weighted by Crippen LogP contribution is 2.38. The molecule has 0 fully saturated rings. The molecule has 7 heteroatoms. The minimum Gasteiger partial charge on any atom is -0.337 e. The first-order valence-electron chi connectivity index (χ1n) is 12.6. The average Bonchev–Trinajstić information content (AvgIpc) is 3.42. The van der Waals surface area contributed by atoms with Crippen LogP contribution in [0.2, 0.25) is 0 Å². The van der Waals surface area contributed by atoms with Crippen LogP contribution in [0.25, 0.3) is 33.7 Å². The molecule has 4 rings (SSSR count). The van der Waals surface area contributed by atoms with Gasteiger partial charge in [0, 0.05) is 12.0 Å². The Morgan fingerprint density at radius 2 is 1.72 bits per heavy atom. The first-order valence-corrected chi connectivity index (χ1v) is 12.6. The molecule has 0 radical (unpaired) electrons. The highest BCUT2D eigenvalue weighted by molar-refractivity contribution is 5.85. The van der Waals surface area contributed by atoms with Gasteiger partial charge in [0.15, 0.2) is 5.82 Å². The molecule has 2 heterocycles. The Morgan fingerprint density at radius 3 is 2.36 bits per heavy atom. The van der Waals surface area contributed by atoms with Gasteiger partial charge in [-0.1, -0.05) is 72.2 Å². The topological polar surface area (TPSA) is 46.5 Å². The maximum Gasteiger partial charge on any atom is 0.417 e. The highest BCUT2D eigenvalue weighted by Gasteiger charge is 2.33. The van der Waals surface area contributed by atoms with Gasteiger partial charge in [0.1, 0.15) is 5.69 Å². The standard InChI is InChI=1S/C29H35F3N4/c1-7-19(18(2)3)14-15-36-25(17-26(35-36)28(4,5)6)27-33-23-13-12-20(16-24(23)34-27)21-10-8-9-11-22(21)29(30,31)32/h8-13,16-19H,7,14-15H2,1-6H3,(H,33,34). The summed E-state index contributed by atoms with van der Waals surface area (Å²) < 4.78 is 42.8. The lowest BCUT2D eigenvalue weighted by Gasteiger charge is -2.19. The fourth-order valence-corrected chi connectivity index (χ4v) is 4.72. The van der Waals surface area contributed by atoms with Gasteiger partial charge >= 0.3 is 6.18 Å². The number of nitrogens with zero attached hydrogens (tertiary/aromatic N) is 3. The smallest absolute Gasteiger partial charge is 0.337 e. The monoisotopic (exact) mass is 496 g/mol. The molecule has 0 aliphatic rings. The number of halogens is 3. The first kappa shape index (κ1) is 26.0. The molecule has 0 saturated heterocycles. The van der Waals surface area contributed by atoms with Gasteiger partial charge in [0.25, 0.3) is 0 Å². The molecular formula is C29H35F3N4. The van der Waals surface area contributed by atoms with Crippen molar-refractivity contribution >= 4 is 11.0 Å². The van der Waals surface area contributed by atoms with Crippen molar-refractivity contribution < 1.29 is 13.2 Å². The molecule has 0 aliphatic carbocycles. The number of fused-ring (bicyclic) bond motifs is 1. The summed E-state index contributed by atoms with van der Waals surface area (Å²) in [6.45, 7) is 13.9. The quantitative estimate of drug-likeness (QED) is 0.279. The normalized spacial score (nSPS) is 13.6. The van der Waals surface area contributed by atoms with Crippen molar-refractivity contribution in [3.63, 3.8) is 0 Å². The van der Waals surface area contributed by atoms with Crippen molar-refractivity contribution in [3.8, 4) is 22.6 Å². The van der Waals surface area contributed by atoms with Crippen molar-refractivity contribution in [3.05, 3.63) is 59.8 Å². The summed E-state index contributed by atoms with van der Waals surface area (Å²) in [5, 5.41) is 4.93. The SMILES string of the molecule is CCC(CCn1nc(C(C)(C)C)cc1-c1nc2ccc(-c3ccccc3C(F)(F)F)cc2[nH]1)C(C)C. The Kier molecular flexibility index (Phi) is 7.04. The van der Waals surface area contributed by atoms with Crippen LogP contribution >= 0.6 is 0 Å². The molecule has 0 amide bonds. The fraction of sp³-hybridized carbons (Fsp3) is 0.448. The van der Waals surface area contributed by atoms with Gasteiger partial charge in [-0.2, -0.15) is 18.3 Å². The summed E-state index contributed by atoms with van der Waals surface area (Å²) in [5.41, 5.74) is 3.16. The van der Waals surface area contributed by atoms with E-state index in [0.29, 0.717) is 34.3 Å². The van der Waals surface area contributed by atoms with Crippen LogP contribution in [-0.4, -0.2) is 19.7 Å². The second-order valence-electron chi connectivity index (χ2n) is 10.9. The van der Waals surface area contributed by atoms with Crippen molar-refractivity contribution in [2.24, 2.45) is 11.8 Å². The maximum absolute atomic E-state index is 13.6. The minimum atomic E-state index is -4.42. The van der Waals surface area contributed by atoms with Crippen LogP contribution in [0.4, 0.5) is 13.2 Å². The number of imidazole rings is 1. The summed E-state index contributed by atoms with van der Waals surface area (Å²) in [4.78, 5) is 8.15. The van der Waals surface area contributed by atoms with Gasteiger partial charge < -0.3 is 4.98 Å². The zero-order chi connectivity index (χ0) is 26.3. The Morgan fingerprint density at radius 1 is 1.00 bits per heavy atom. The summed E-state index contributed by atoms with van der Waals surface area (Å²) in [7, 11) is 0. The number of aromatic nitrogens is 4. The molecule has 4 nitrogen and oxygen atoms in total. The van der Waals surface area contributed by atoms with Crippen LogP contribution in [-0.2, 0) is 18.1 Å². The molecule has 0 bridgehead atoms. The molecule has 0 spiro atoms. The summed E-state index contributed by atoms with van der Waals surface area (Å²) in [6, 6.07) is 13.0.